The van der Waals surface area contributed by atoms with Gasteiger partial charge in [-0.1, -0.05) is 0 Å². The smallest absolute Gasteiger partial charge is 0.320 e. The molecule has 1 atom stereocenters. The number of rotatable bonds is 5. The fourth-order valence-corrected chi connectivity index (χ4v) is 1.52. The predicted molar refractivity (Wildman–Crippen MR) is 57.5 cm³/mol. The van der Waals surface area contributed by atoms with Crippen LogP contribution in [0.5, 0.6) is 0 Å². The molecule has 0 spiro atoms. The van der Waals surface area contributed by atoms with Crippen molar-refractivity contribution in [3.05, 3.63) is 0 Å². The third kappa shape index (κ3) is 3.75. The van der Waals surface area contributed by atoms with Crippen LogP contribution in [0.1, 0.15) is 19.3 Å². The van der Waals surface area contributed by atoms with Gasteiger partial charge in [0, 0.05) is 19.6 Å². The van der Waals surface area contributed by atoms with Gasteiger partial charge in [-0.15, -0.1) is 0 Å². The maximum atomic E-state index is 10.5. The number of hydrogen-bond acceptors (Lipinski definition) is 5. The SMILES string of the molecule is NC1=NCCCN1CCCC(N)C(=O)O. The second-order valence-corrected chi connectivity index (χ2v) is 3.67. The Morgan fingerprint density at radius 3 is 3.00 bits per heavy atom. The molecule has 0 bridgehead atoms. The molecule has 0 aromatic carbocycles. The molecule has 6 heteroatoms. The Bertz CT molecular complexity index is 254. The van der Waals surface area contributed by atoms with Crippen LogP contribution in [0.3, 0.4) is 0 Å². The van der Waals surface area contributed by atoms with Crippen LogP contribution in [0, 0.1) is 0 Å². The fraction of sp³-hybridized carbons (Fsp3) is 0.778. The van der Waals surface area contributed by atoms with Crippen LogP contribution in [0.15, 0.2) is 4.99 Å². The molecule has 1 aliphatic heterocycles. The Morgan fingerprint density at radius 2 is 2.40 bits per heavy atom. The highest BCUT2D eigenvalue weighted by atomic mass is 16.4. The zero-order chi connectivity index (χ0) is 11.3. The Kier molecular flexibility index (Phi) is 4.36. The van der Waals surface area contributed by atoms with Crippen LogP contribution in [0.2, 0.25) is 0 Å². The Balaban J connectivity index is 2.22. The van der Waals surface area contributed by atoms with Gasteiger partial charge in [-0.3, -0.25) is 9.79 Å². The number of carboxylic acid groups (broad SMARTS) is 1. The average Bonchev–Trinajstić information content (AvgIpc) is 2.20. The van der Waals surface area contributed by atoms with Gasteiger partial charge in [-0.05, 0) is 19.3 Å². The van der Waals surface area contributed by atoms with Gasteiger partial charge >= 0.3 is 5.97 Å². The van der Waals surface area contributed by atoms with Crippen molar-refractivity contribution in [2.24, 2.45) is 16.5 Å². The third-order valence-corrected chi connectivity index (χ3v) is 2.44. The van der Waals surface area contributed by atoms with Crippen LogP contribution in [0.25, 0.3) is 0 Å². The average molecular weight is 214 g/mol. The molecule has 0 fully saturated rings. The van der Waals surface area contributed by atoms with E-state index in [0.29, 0.717) is 12.4 Å². The number of nitrogens with zero attached hydrogens (tertiary/aromatic N) is 2. The first-order valence-corrected chi connectivity index (χ1v) is 5.14. The van der Waals surface area contributed by atoms with Crippen molar-refractivity contribution in [3.8, 4) is 0 Å². The van der Waals surface area contributed by atoms with Gasteiger partial charge < -0.3 is 21.5 Å². The van der Waals surface area contributed by atoms with Gasteiger partial charge in [0.15, 0.2) is 5.96 Å². The van der Waals surface area contributed by atoms with Gasteiger partial charge in [0.2, 0.25) is 0 Å². The van der Waals surface area contributed by atoms with Gasteiger partial charge in [0.25, 0.3) is 0 Å². The second-order valence-electron chi connectivity index (χ2n) is 3.67. The molecule has 0 aliphatic carbocycles. The standard InChI is InChI=1S/C9H18N4O2/c10-7(8(14)15)3-1-5-13-6-2-4-12-9(13)11/h7H,1-6,10H2,(H2,11,12)(H,14,15). The lowest BCUT2D eigenvalue weighted by atomic mass is 10.1. The molecular weight excluding hydrogens is 196 g/mol. The molecule has 0 saturated heterocycles. The van der Waals surface area contributed by atoms with Crippen molar-refractivity contribution in [2.45, 2.75) is 25.3 Å². The van der Waals surface area contributed by atoms with E-state index in [9.17, 15) is 4.79 Å². The van der Waals surface area contributed by atoms with E-state index in [1.807, 2.05) is 4.90 Å². The summed E-state index contributed by atoms with van der Waals surface area (Å²) in [6, 6.07) is -0.770. The summed E-state index contributed by atoms with van der Waals surface area (Å²) in [7, 11) is 0. The number of aliphatic carboxylic acids is 1. The molecule has 1 rings (SSSR count). The summed E-state index contributed by atoms with van der Waals surface area (Å²) >= 11 is 0. The molecule has 0 saturated carbocycles. The zero-order valence-electron chi connectivity index (χ0n) is 8.72. The van der Waals surface area contributed by atoms with Crippen molar-refractivity contribution in [2.75, 3.05) is 19.6 Å². The first-order valence-electron chi connectivity index (χ1n) is 5.14. The Labute approximate surface area is 88.9 Å². The van der Waals surface area contributed by atoms with E-state index >= 15 is 0 Å². The van der Waals surface area contributed by atoms with Crippen LogP contribution in [-0.4, -0.2) is 47.6 Å². The van der Waals surface area contributed by atoms with Crippen LogP contribution < -0.4 is 11.5 Å². The fourth-order valence-electron chi connectivity index (χ4n) is 1.52. The molecule has 1 unspecified atom stereocenters. The summed E-state index contributed by atoms with van der Waals surface area (Å²) in [5, 5.41) is 8.58. The predicted octanol–water partition coefficient (Wildman–Crippen LogP) is -0.801. The molecule has 6 nitrogen and oxygen atoms in total. The lowest BCUT2D eigenvalue weighted by Crippen LogP contribution is -2.42. The number of carbonyl (C=O) groups is 1. The monoisotopic (exact) mass is 214 g/mol. The molecule has 1 aliphatic rings. The highest BCUT2D eigenvalue weighted by Crippen LogP contribution is 2.03. The van der Waals surface area contributed by atoms with Crippen molar-refractivity contribution in [1.82, 2.24) is 4.90 Å². The molecule has 1 heterocycles. The van der Waals surface area contributed by atoms with E-state index in [4.69, 9.17) is 16.6 Å². The zero-order valence-corrected chi connectivity index (χ0v) is 8.72. The van der Waals surface area contributed by atoms with Gasteiger partial charge in [0.1, 0.15) is 6.04 Å². The molecule has 0 aromatic heterocycles. The van der Waals surface area contributed by atoms with Crippen LogP contribution in [-0.2, 0) is 4.79 Å². The number of aliphatic imine (C=N–C) groups is 1. The topological polar surface area (TPSA) is 105 Å². The number of hydrogen-bond donors (Lipinski definition) is 3. The van der Waals surface area contributed by atoms with E-state index in [-0.39, 0.29) is 0 Å². The summed E-state index contributed by atoms with van der Waals surface area (Å²) < 4.78 is 0. The summed E-state index contributed by atoms with van der Waals surface area (Å²) in [4.78, 5) is 16.5. The quantitative estimate of drug-likeness (QED) is 0.555. The Hall–Kier alpha value is -1.30. The van der Waals surface area contributed by atoms with Gasteiger partial charge in [-0.25, -0.2) is 0 Å². The summed E-state index contributed by atoms with van der Waals surface area (Å²) in [5.74, 6) is -0.388. The number of guanidine groups is 1. The van der Waals surface area contributed by atoms with Crippen molar-refractivity contribution in [1.29, 1.82) is 0 Å². The molecule has 5 N–H and O–H groups in total. The maximum absolute atomic E-state index is 10.5. The van der Waals surface area contributed by atoms with Crippen molar-refractivity contribution < 1.29 is 9.90 Å². The lowest BCUT2D eigenvalue weighted by molar-refractivity contribution is -0.138. The van der Waals surface area contributed by atoms with E-state index in [1.165, 1.54) is 0 Å². The molecule has 0 amide bonds. The minimum atomic E-state index is -0.949. The molecule has 0 radical (unpaired) electrons. The van der Waals surface area contributed by atoms with E-state index in [2.05, 4.69) is 4.99 Å². The van der Waals surface area contributed by atoms with E-state index in [0.717, 1.165) is 32.5 Å². The van der Waals surface area contributed by atoms with Crippen LogP contribution in [0.4, 0.5) is 0 Å². The lowest BCUT2D eigenvalue weighted by Gasteiger charge is -2.26. The van der Waals surface area contributed by atoms with E-state index < -0.39 is 12.0 Å². The summed E-state index contributed by atoms with van der Waals surface area (Å²) in [5.41, 5.74) is 11.1. The number of nitrogens with two attached hydrogens (primary N) is 2. The third-order valence-electron chi connectivity index (χ3n) is 2.44. The second kappa shape index (κ2) is 5.55. The highest BCUT2D eigenvalue weighted by molar-refractivity contribution is 5.78. The summed E-state index contributed by atoms with van der Waals surface area (Å²) in [6.07, 6.45) is 2.20. The molecule has 0 aromatic rings. The van der Waals surface area contributed by atoms with Gasteiger partial charge in [0.05, 0.1) is 0 Å². The minimum absolute atomic E-state index is 0.471. The highest BCUT2D eigenvalue weighted by Gasteiger charge is 2.14. The minimum Gasteiger partial charge on any atom is -0.480 e. The molecular formula is C9H18N4O2. The van der Waals surface area contributed by atoms with E-state index in [1.54, 1.807) is 0 Å². The van der Waals surface area contributed by atoms with Crippen molar-refractivity contribution >= 4 is 11.9 Å². The van der Waals surface area contributed by atoms with Crippen molar-refractivity contribution in [3.63, 3.8) is 0 Å². The largest absolute Gasteiger partial charge is 0.480 e. The Morgan fingerprint density at radius 1 is 1.67 bits per heavy atom. The first-order chi connectivity index (χ1) is 7.11. The number of carboxylic acids is 1. The molecule has 15 heavy (non-hydrogen) atoms. The summed E-state index contributed by atoms with van der Waals surface area (Å²) in [6.45, 7) is 2.42. The normalized spacial score (nSPS) is 18.5. The molecule has 86 valence electrons. The van der Waals surface area contributed by atoms with Gasteiger partial charge in [-0.2, -0.15) is 0 Å². The van der Waals surface area contributed by atoms with Crippen LogP contribution >= 0.6 is 0 Å². The first kappa shape index (κ1) is 11.8. The maximum Gasteiger partial charge on any atom is 0.320 e.